The summed E-state index contributed by atoms with van der Waals surface area (Å²) in [4.78, 5) is 7.97. The van der Waals surface area contributed by atoms with E-state index in [1.54, 1.807) is 13.0 Å². The van der Waals surface area contributed by atoms with E-state index in [-0.39, 0.29) is 36.7 Å². The Bertz CT molecular complexity index is 806. The molecule has 1 aliphatic rings. The minimum Gasteiger partial charge on any atom is -0.354 e. The van der Waals surface area contributed by atoms with Crippen molar-refractivity contribution < 1.29 is 17.6 Å². The highest BCUT2D eigenvalue weighted by Gasteiger charge is 2.32. The number of fused-ring (bicyclic) bond motifs is 1. The van der Waals surface area contributed by atoms with E-state index in [4.69, 9.17) is 5.73 Å². The smallest absolute Gasteiger partial charge is 0.354 e. The summed E-state index contributed by atoms with van der Waals surface area (Å²) < 4.78 is 51.6. The molecule has 1 saturated heterocycles. The highest BCUT2D eigenvalue weighted by molar-refractivity contribution is 5.86. The number of hydrogen-bond acceptors (Lipinski definition) is 4. The fourth-order valence-electron chi connectivity index (χ4n) is 3.32. The number of halogens is 6. The van der Waals surface area contributed by atoms with Crippen molar-refractivity contribution in [2.24, 2.45) is 5.73 Å². The van der Waals surface area contributed by atoms with Crippen LogP contribution in [0.5, 0.6) is 0 Å². The van der Waals surface area contributed by atoms with Gasteiger partial charge >= 0.3 is 6.18 Å². The molecule has 0 radical (unpaired) electrons. The van der Waals surface area contributed by atoms with Gasteiger partial charge in [0.05, 0.1) is 12.1 Å². The van der Waals surface area contributed by atoms with Gasteiger partial charge in [0.25, 0.3) is 0 Å². The zero-order valence-corrected chi connectivity index (χ0v) is 17.2. The van der Waals surface area contributed by atoms with E-state index in [9.17, 15) is 17.6 Å². The molecule has 2 heterocycles. The number of alkyl halides is 3. The summed E-state index contributed by atoms with van der Waals surface area (Å²) in [7, 11) is 0. The van der Waals surface area contributed by atoms with Gasteiger partial charge in [0.2, 0.25) is 0 Å². The number of aryl methyl sites for hydroxylation is 1. The lowest BCUT2D eigenvalue weighted by Gasteiger charge is -2.37. The van der Waals surface area contributed by atoms with Crippen molar-refractivity contribution in [3.63, 3.8) is 0 Å². The van der Waals surface area contributed by atoms with E-state index >= 15 is 0 Å². The van der Waals surface area contributed by atoms with E-state index in [0.29, 0.717) is 43.1 Å². The zero-order chi connectivity index (χ0) is 19.1. The molecule has 1 fully saturated rings. The van der Waals surface area contributed by atoms with Crippen LogP contribution >= 0.6 is 24.8 Å². The van der Waals surface area contributed by atoms with E-state index in [1.165, 1.54) is 11.0 Å². The van der Waals surface area contributed by atoms with Crippen molar-refractivity contribution in [1.29, 1.82) is 0 Å². The van der Waals surface area contributed by atoms with E-state index in [1.807, 2.05) is 17.9 Å². The maximum absolute atomic E-state index is 13.9. The number of piperazine rings is 1. The van der Waals surface area contributed by atoms with Crippen LogP contribution in [0.4, 0.5) is 23.4 Å². The van der Waals surface area contributed by atoms with Crippen molar-refractivity contribution in [3.05, 3.63) is 35.1 Å². The second-order valence-corrected chi connectivity index (χ2v) is 6.81. The molecule has 3 rings (SSSR count). The minimum absolute atomic E-state index is 0. The largest absolute Gasteiger partial charge is 0.401 e. The molecular formula is C18H24Cl2F4N4. The molecular weight excluding hydrogens is 419 g/mol. The lowest BCUT2D eigenvalue weighted by Crippen LogP contribution is -2.49. The molecule has 0 bridgehead atoms. The lowest BCUT2D eigenvalue weighted by atomic mass is 10.0. The maximum atomic E-state index is 13.9. The summed E-state index contributed by atoms with van der Waals surface area (Å²) in [5.41, 5.74) is 7.92. The predicted octanol–water partition coefficient (Wildman–Crippen LogP) is 4.23. The third-order valence-electron chi connectivity index (χ3n) is 4.75. The molecule has 28 heavy (non-hydrogen) atoms. The van der Waals surface area contributed by atoms with E-state index in [0.717, 1.165) is 10.9 Å². The van der Waals surface area contributed by atoms with Gasteiger partial charge < -0.3 is 10.6 Å². The average Bonchev–Trinajstić information content (AvgIpc) is 2.56. The summed E-state index contributed by atoms with van der Waals surface area (Å²) in [5.74, 6) is 0.298. The van der Waals surface area contributed by atoms with Gasteiger partial charge in [-0.1, -0.05) is 0 Å². The Balaban J connectivity index is 0.00000196. The number of anilines is 1. The summed E-state index contributed by atoms with van der Waals surface area (Å²) in [6.45, 7) is 4.02. The Labute approximate surface area is 173 Å². The average molecular weight is 443 g/mol. The molecule has 158 valence electrons. The van der Waals surface area contributed by atoms with Crippen LogP contribution in [0, 0.1) is 12.7 Å². The number of pyridine rings is 1. The fourth-order valence-corrected chi connectivity index (χ4v) is 3.32. The molecule has 0 aliphatic carbocycles. The Hall–Kier alpha value is -1.35. The lowest BCUT2D eigenvalue weighted by molar-refractivity contribution is -0.146. The van der Waals surface area contributed by atoms with Crippen LogP contribution in [-0.4, -0.2) is 48.8 Å². The summed E-state index contributed by atoms with van der Waals surface area (Å²) in [6.07, 6.45) is -4.20. The molecule has 0 spiro atoms. The number of rotatable bonds is 3. The van der Waals surface area contributed by atoms with Gasteiger partial charge in [0, 0.05) is 48.7 Å². The van der Waals surface area contributed by atoms with Crippen LogP contribution < -0.4 is 10.6 Å². The van der Waals surface area contributed by atoms with Crippen LogP contribution in [0.2, 0.25) is 0 Å². The minimum atomic E-state index is -4.20. The van der Waals surface area contributed by atoms with Gasteiger partial charge in [-0.25, -0.2) is 9.37 Å². The SMILES string of the molecule is Cc1c(F)ccc2cc([C@H](C)N)c(N3CCN(CC(F)(F)F)CC3)nc12.Cl.Cl. The van der Waals surface area contributed by atoms with Crippen molar-refractivity contribution in [2.75, 3.05) is 37.6 Å². The first kappa shape index (κ1) is 24.7. The van der Waals surface area contributed by atoms with Gasteiger partial charge in [-0.05, 0) is 32.0 Å². The Morgan fingerprint density at radius 3 is 2.29 bits per heavy atom. The first-order valence-corrected chi connectivity index (χ1v) is 8.55. The first-order chi connectivity index (χ1) is 12.2. The van der Waals surface area contributed by atoms with Crippen LogP contribution in [0.1, 0.15) is 24.1 Å². The number of hydrogen-bond donors (Lipinski definition) is 1. The van der Waals surface area contributed by atoms with Crippen molar-refractivity contribution in [1.82, 2.24) is 9.88 Å². The van der Waals surface area contributed by atoms with Crippen molar-refractivity contribution in [3.8, 4) is 0 Å². The van der Waals surface area contributed by atoms with Crippen LogP contribution in [0.3, 0.4) is 0 Å². The first-order valence-electron chi connectivity index (χ1n) is 8.55. The third-order valence-corrected chi connectivity index (χ3v) is 4.75. The monoisotopic (exact) mass is 442 g/mol. The molecule has 0 saturated carbocycles. The summed E-state index contributed by atoms with van der Waals surface area (Å²) in [6, 6.07) is 4.68. The molecule has 1 aliphatic heterocycles. The number of nitrogens with two attached hydrogens (primary N) is 1. The number of aromatic nitrogens is 1. The molecule has 4 nitrogen and oxygen atoms in total. The van der Waals surface area contributed by atoms with Crippen LogP contribution in [0.15, 0.2) is 18.2 Å². The quantitative estimate of drug-likeness (QED) is 0.722. The van der Waals surface area contributed by atoms with Crippen molar-refractivity contribution >= 4 is 41.5 Å². The summed E-state index contributed by atoms with van der Waals surface area (Å²) >= 11 is 0. The highest BCUT2D eigenvalue weighted by atomic mass is 35.5. The predicted molar refractivity (Wildman–Crippen MR) is 108 cm³/mol. The molecule has 1 aromatic heterocycles. The maximum Gasteiger partial charge on any atom is 0.401 e. The Morgan fingerprint density at radius 1 is 1.14 bits per heavy atom. The van der Waals surface area contributed by atoms with E-state index in [2.05, 4.69) is 4.98 Å². The Kier molecular flexibility index (Phi) is 8.32. The standard InChI is InChI=1S/C18H22F4N4.2ClH/c1-11-15(19)4-3-13-9-14(12(2)23)17(24-16(11)13)26-7-5-25(6-8-26)10-18(20,21)22;;/h3-4,9,12H,5-8,10,23H2,1-2H3;2*1H/t12-;;/m0../s1. The van der Waals surface area contributed by atoms with Crippen LogP contribution in [0.25, 0.3) is 10.9 Å². The van der Waals surface area contributed by atoms with Gasteiger partial charge in [-0.15, -0.1) is 24.8 Å². The number of benzene rings is 1. The molecule has 2 aromatic rings. The second kappa shape index (κ2) is 9.43. The molecule has 0 unspecified atom stereocenters. The highest BCUT2D eigenvalue weighted by Crippen LogP contribution is 2.30. The fraction of sp³-hybridized carbons (Fsp3) is 0.500. The topological polar surface area (TPSA) is 45.4 Å². The van der Waals surface area contributed by atoms with Gasteiger partial charge in [-0.3, -0.25) is 4.90 Å². The molecule has 1 atom stereocenters. The molecule has 2 N–H and O–H groups in total. The van der Waals surface area contributed by atoms with E-state index < -0.39 is 12.7 Å². The summed E-state index contributed by atoms with van der Waals surface area (Å²) in [5, 5.41) is 0.802. The normalized spacial score (nSPS) is 16.5. The van der Waals surface area contributed by atoms with Gasteiger partial charge in [-0.2, -0.15) is 13.2 Å². The zero-order valence-electron chi connectivity index (χ0n) is 15.6. The second-order valence-electron chi connectivity index (χ2n) is 6.81. The number of nitrogens with zero attached hydrogens (tertiary/aromatic N) is 3. The molecule has 1 aromatic carbocycles. The van der Waals surface area contributed by atoms with Gasteiger partial charge in [0.1, 0.15) is 11.6 Å². The van der Waals surface area contributed by atoms with Crippen LogP contribution in [-0.2, 0) is 0 Å². The molecule has 10 heteroatoms. The Morgan fingerprint density at radius 2 is 1.75 bits per heavy atom. The van der Waals surface area contributed by atoms with Crippen molar-refractivity contribution in [2.45, 2.75) is 26.1 Å². The third kappa shape index (κ3) is 5.37. The molecule has 0 amide bonds. The van der Waals surface area contributed by atoms with Gasteiger partial charge in [0.15, 0.2) is 0 Å².